The second-order valence-corrected chi connectivity index (χ2v) is 3.73. The van der Waals surface area contributed by atoms with Crippen molar-refractivity contribution in [2.45, 2.75) is 13.5 Å². The Morgan fingerprint density at radius 1 is 1.35 bits per heavy atom. The van der Waals surface area contributed by atoms with Crippen molar-refractivity contribution in [3.05, 3.63) is 30.0 Å². The quantitative estimate of drug-likeness (QED) is 0.777. The van der Waals surface area contributed by atoms with E-state index < -0.39 is 0 Å². The molecule has 92 valence electrons. The zero-order valence-electron chi connectivity index (χ0n) is 10.0. The van der Waals surface area contributed by atoms with E-state index in [1.807, 2.05) is 13.0 Å². The van der Waals surface area contributed by atoms with Crippen molar-refractivity contribution >= 4 is 0 Å². The van der Waals surface area contributed by atoms with Crippen LogP contribution in [0.3, 0.4) is 0 Å². The van der Waals surface area contributed by atoms with Crippen LogP contribution in [-0.2, 0) is 11.3 Å². The molecule has 0 aliphatic carbocycles. The average molecular weight is 236 g/mol. The maximum Gasteiger partial charge on any atom is 0.194 e. The number of furan rings is 1. The number of nitrogens with one attached hydrogen (secondary N) is 1. The third kappa shape index (κ3) is 2.75. The van der Waals surface area contributed by atoms with Gasteiger partial charge in [-0.25, -0.2) is 4.98 Å². The van der Waals surface area contributed by atoms with E-state index in [2.05, 4.69) is 10.3 Å². The van der Waals surface area contributed by atoms with E-state index in [9.17, 15) is 0 Å². The molecule has 0 aliphatic heterocycles. The van der Waals surface area contributed by atoms with Crippen molar-refractivity contribution in [3.8, 4) is 11.5 Å². The number of oxazole rings is 1. The monoisotopic (exact) mass is 236 g/mol. The lowest BCUT2D eigenvalue weighted by atomic mass is 10.2. The molecule has 0 unspecified atom stereocenters. The zero-order valence-corrected chi connectivity index (χ0v) is 10.0. The van der Waals surface area contributed by atoms with Gasteiger partial charge in [0.2, 0.25) is 0 Å². The van der Waals surface area contributed by atoms with E-state index in [0.29, 0.717) is 18.9 Å². The minimum absolute atomic E-state index is 0.634. The topological polar surface area (TPSA) is 60.4 Å². The van der Waals surface area contributed by atoms with Crippen LogP contribution < -0.4 is 5.32 Å². The number of ether oxygens (including phenoxy) is 1. The average Bonchev–Trinajstić information content (AvgIpc) is 2.93. The molecular weight excluding hydrogens is 220 g/mol. The van der Waals surface area contributed by atoms with Gasteiger partial charge in [-0.05, 0) is 18.6 Å². The van der Waals surface area contributed by atoms with Crippen LogP contribution in [0.15, 0.2) is 27.6 Å². The number of hydrogen-bond acceptors (Lipinski definition) is 5. The Morgan fingerprint density at radius 3 is 2.94 bits per heavy atom. The summed E-state index contributed by atoms with van der Waals surface area (Å²) in [6.07, 6.45) is 3.08. The Bertz CT molecular complexity index is 462. The van der Waals surface area contributed by atoms with Crippen LogP contribution in [0.5, 0.6) is 0 Å². The molecule has 0 aliphatic rings. The summed E-state index contributed by atoms with van der Waals surface area (Å²) in [5.41, 5.74) is 1.89. The van der Waals surface area contributed by atoms with Crippen LogP contribution in [0.1, 0.15) is 11.3 Å². The van der Waals surface area contributed by atoms with Gasteiger partial charge in [-0.2, -0.15) is 0 Å². The lowest BCUT2D eigenvalue weighted by Crippen LogP contribution is -2.19. The molecule has 5 nitrogen and oxygen atoms in total. The number of aromatic nitrogens is 1. The highest BCUT2D eigenvalue weighted by Crippen LogP contribution is 2.26. The molecule has 0 fully saturated rings. The SMILES string of the molecule is COCCNCc1ncoc1-c1occc1C. The van der Waals surface area contributed by atoms with Gasteiger partial charge in [-0.15, -0.1) is 0 Å². The fourth-order valence-corrected chi connectivity index (χ4v) is 1.57. The van der Waals surface area contributed by atoms with Crippen LogP contribution in [0, 0.1) is 6.92 Å². The molecule has 2 aromatic rings. The first-order chi connectivity index (χ1) is 8.33. The predicted molar refractivity (Wildman–Crippen MR) is 62.5 cm³/mol. The number of aryl methyl sites for hydroxylation is 1. The minimum atomic E-state index is 0.634. The Balaban J connectivity index is 2.05. The molecule has 0 aromatic carbocycles. The van der Waals surface area contributed by atoms with Crippen LogP contribution in [0.2, 0.25) is 0 Å². The molecule has 0 spiro atoms. The highest BCUT2D eigenvalue weighted by Gasteiger charge is 2.15. The van der Waals surface area contributed by atoms with Crippen molar-refractivity contribution in [2.75, 3.05) is 20.3 Å². The van der Waals surface area contributed by atoms with E-state index in [1.165, 1.54) is 6.39 Å². The maximum atomic E-state index is 5.39. The number of methoxy groups -OCH3 is 1. The highest BCUT2D eigenvalue weighted by atomic mass is 16.5. The summed E-state index contributed by atoms with van der Waals surface area (Å²) in [5, 5.41) is 3.22. The van der Waals surface area contributed by atoms with Gasteiger partial charge in [-0.1, -0.05) is 0 Å². The Morgan fingerprint density at radius 2 is 2.24 bits per heavy atom. The third-order valence-electron chi connectivity index (χ3n) is 2.48. The highest BCUT2D eigenvalue weighted by molar-refractivity contribution is 5.56. The normalized spacial score (nSPS) is 10.9. The molecule has 0 amide bonds. The van der Waals surface area contributed by atoms with E-state index in [0.717, 1.165) is 23.6 Å². The molecule has 1 N–H and O–H groups in total. The first-order valence-electron chi connectivity index (χ1n) is 5.49. The van der Waals surface area contributed by atoms with Gasteiger partial charge >= 0.3 is 0 Å². The number of rotatable bonds is 6. The molecule has 0 radical (unpaired) electrons. The summed E-state index contributed by atoms with van der Waals surface area (Å²) < 4.78 is 15.7. The summed E-state index contributed by atoms with van der Waals surface area (Å²) in [4.78, 5) is 4.18. The van der Waals surface area contributed by atoms with Crippen molar-refractivity contribution in [3.63, 3.8) is 0 Å². The number of hydrogen-bond donors (Lipinski definition) is 1. The zero-order chi connectivity index (χ0) is 12.1. The van der Waals surface area contributed by atoms with Crippen molar-refractivity contribution in [1.82, 2.24) is 10.3 Å². The summed E-state index contributed by atoms with van der Waals surface area (Å²) in [6, 6.07) is 1.90. The molecule has 0 atom stereocenters. The van der Waals surface area contributed by atoms with Crippen LogP contribution in [-0.4, -0.2) is 25.2 Å². The number of nitrogens with zero attached hydrogens (tertiary/aromatic N) is 1. The first kappa shape index (κ1) is 11.9. The van der Waals surface area contributed by atoms with Gasteiger partial charge in [0.1, 0.15) is 5.69 Å². The largest absolute Gasteiger partial charge is 0.461 e. The van der Waals surface area contributed by atoms with Crippen molar-refractivity contribution in [2.24, 2.45) is 0 Å². The molecule has 2 aromatic heterocycles. The Labute approximate surface area is 99.8 Å². The smallest absolute Gasteiger partial charge is 0.194 e. The van der Waals surface area contributed by atoms with E-state index >= 15 is 0 Å². The second-order valence-electron chi connectivity index (χ2n) is 3.73. The first-order valence-corrected chi connectivity index (χ1v) is 5.49. The van der Waals surface area contributed by atoms with Gasteiger partial charge in [-0.3, -0.25) is 0 Å². The predicted octanol–water partition coefficient (Wildman–Crippen LogP) is 1.98. The van der Waals surface area contributed by atoms with Gasteiger partial charge in [0.15, 0.2) is 17.9 Å². The van der Waals surface area contributed by atoms with Crippen molar-refractivity contribution < 1.29 is 13.6 Å². The summed E-state index contributed by atoms with van der Waals surface area (Å²) in [7, 11) is 1.68. The fraction of sp³-hybridized carbons (Fsp3) is 0.417. The van der Waals surface area contributed by atoms with E-state index in [-0.39, 0.29) is 0 Å². The lowest BCUT2D eigenvalue weighted by Gasteiger charge is -2.02. The minimum Gasteiger partial charge on any atom is -0.461 e. The Hall–Kier alpha value is -1.59. The molecule has 2 heterocycles. The van der Waals surface area contributed by atoms with Crippen LogP contribution in [0.4, 0.5) is 0 Å². The molecule has 2 rings (SSSR count). The van der Waals surface area contributed by atoms with Crippen LogP contribution in [0.25, 0.3) is 11.5 Å². The van der Waals surface area contributed by atoms with Crippen LogP contribution >= 0.6 is 0 Å². The van der Waals surface area contributed by atoms with Gasteiger partial charge in [0.05, 0.1) is 12.9 Å². The van der Waals surface area contributed by atoms with Gasteiger partial charge in [0.25, 0.3) is 0 Å². The van der Waals surface area contributed by atoms with Crippen molar-refractivity contribution in [1.29, 1.82) is 0 Å². The summed E-state index contributed by atoms with van der Waals surface area (Å²) in [6.45, 7) is 4.06. The third-order valence-corrected chi connectivity index (χ3v) is 2.48. The van der Waals surface area contributed by atoms with E-state index in [4.69, 9.17) is 13.6 Å². The second kappa shape index (κ2) is 5.65. The molecule has 0 saturated carbocycles. The molecule has 5 heteroatoms. The molecule has 0 bridgehead atoms. The Kier molecular flexibility index (Phi) is 3.95. The molecule has 17 heavy (non-hydrogen) atoms. The summed E-state index contributed by atoms with van der Waals surface area (Å²) in [5.74, 6) is 1.43. The fourth-order valence-electron chi connectivity index (χ4n) is 1.57. The molecular formula is C12H16N2O3. The van der Waals surface area contributed by atoms with Gasteiger partial charge in [0, 0.05) is 20.2 Å². The molecule has 0 saturated heterocycles. The van der Waals surface area contributed by atoms with Gasteiger partial charge < -0.3 is 18.9 Å². The lowest BCUT2D eigenvalue weighted by molar-refractivity contribution is 0.199. The summed E-state index contributed by atoms with van der Waals surface area (Å²) >= 11 is 0. The van der Waals surface area contributed by atoms with E-state index in [1.54, 1.807) is 13.4 Å². The standard InChI is InChI=1S/C12H16N2O3/c1-9-3-5-16-11(9)12-10(14-8-17-12)7-13-4-6-15-2/h3,5,8,13H,4,6-7H2,1-2H3. The maximum absolute atomic E-state index is 5.39.